The number of hydrogen-bond donors (Lipinski definition) is 0. The Morgan fingerprint density at radius 3 is 2.21 bits per heavy atom. The molecule has 80 valence electrons. The Balaban J connectivity index is 2.76. The van der Waals surface area contributed by atoms with Crippen LogP contribution in [-0.4, -0.2) is 18.9 Å². The monoisotopic (exact) mass is 198 g/mol. The lowest BCUT2D eigenvalue weighted by Crippen LogP contribution is -2.36. The highest BCUT2D eigenvalue weighted by molar-refractivity contribution is 5.85. The van der Waals surface area contributed by atoms with Crippen LogP contribution < -0.4 is 0 Å². The SMILES string of the molecule is COC(=O)C1(CC(C)=O)CCCCC1. The summed E-state index contributed by atoms with van der Waals surface area (Å²) in [7, 11) is 1.40. The number of ether oxygens (including phenoxy) is 1. The number of carbonyl (C=O) groups excluding carboxylic acids is 2. The number of ketones is 1. The van der Waals surface area contributed by atoms with Gasteiger partial charge in [-0.25, -0.2) is 0 Å². The average Bonchev–Trinajstić information content (AvgIpc) is 2.17. The first-order valence-corrected chi connectivity index (χ1v) is 5.18. The predicted molar refractivity (Wildman–Crippen MR) is 52.8 cm³/mol. The first-order valence-electron chi connectivity index (χ1n) is 5.18. The molecule has 0 unspecified atom stereocenters. The van der Waals surface area contributed by atoms with Crippen LogP contribution in [0.1, 0.15) is 45.4 Å². The van der Waals surface area contributed by atoms with E-state index in [4.69, 9.17) is 4.74 Å². The molecule has 0 aromatic carbocycles. The van der Waals surface area contributed by atoms with Crippen molar-refractivity contribution in [2.24, 2.45) is 5.41 Å². The van der Waals surface area contributed by atoms with E-state index in [0.717, 1.165) is 32.1 Å². The normalized spacial score (nSPS) is 20.1. The van der Waals surface area contributed by atoms with Crippen molar-refractivity contribution in [2.75, 3.05) is 7.11 Å². The summed E-state index contributed by atoms with van der Waals surface area (Å²) in [4.78, 5) is 22.8. The quantitative estimate of drug-likeness (QED) is 0.652. The fourth-order valence-corrected chi connectivity index (χ4v) is 2.37. The number of carbonyl (C=O) groups is 2. The smallest absolute Gasteiger partial charge is 0.312 e. The van der Waals surface area contributed by atoms with Crippen molar-refractivity contribution in [3.63, 3.8) is 0 Å². The first-order chi connectivity index (χ1) is 6.60. The van der Waals surface area contributed by atoms with Crippen molar-refractivity contribution >= 4 is 11.8 Å². The van der Waals surface area contributed by atoms with Crippen LogP contribution in [0.3, 0.4) is 0 Å². The van der Waals surface area contributed by atoms with Gasteiger partial charge in [-0.15, -0.1) is 0 Å². The van der Waals surface area contributed by atoms with E-state index in [1.54, 1.807) is 6.92 Å². The second-order valence-corrected chi connectivity index (χ2v) is 4.21. The summed E-state index contributed by atoms with van der Waals surface area (Å²) in [6.07, 6.45) is 5.18. The molecule has 1 rings (SSSR count). The molecular weight excluding hydrogens is 180 g/mol. The maximum atomic E-state index is 11.6. The molecule has 0 heterocycles. The lowest BCUT2D eigenvalue weighted by molar-refractivity contribution is -0.157. The van der Waals surface area contributed by atoms with Crippen LogP contribution in [0.5, 0.6) is 0 Å². The van der Waals surface area contributed by atoms with Gasteiger partial charge in [0.1, 0.15) is 5.78 Å². The molecule has 1 aliphatic carbocycles. The fraction of sp³-hybridized carbons (Fsp3) is 0.818. The van der Waals surface area contributed by atoms with Gasteiger partial charge in [-0.3, -0.25) is 9.59 Å². The molecule has 1 fully saturated rings. The molecule has 0 spiro atoms. The van der Waals surface area contributed by atoms with Crippen molar-refractivity contribution < 1.29 is 14.3 Å². The van der Waals surface area contributed by atoms with Crippen molar-refractivity contribution in [1.29, 1.82) is 0 Å². The summed E-state index contributed by atoms with van der Waals surface area (Å²) in [6.45, 7) is 1.54. The van der Waals surface area contributed by atoms with Crippen LogP contribution >= 0.6 is 0 Å². The van der Waals surface area contributed by atoms with E-state index >= 15 is 0 Å². The van der Waals surface area contributed by atoms with Crippen LogP contribution in [0.2, 0.25) is 0 Å². The van der Waals surface area contributed by atoms with Gasteiger partial charge in [0, 0.05) is 6.42 Å². The molecule has 3 heteroatoms. The molecular formula is C11H18O3. The van der Waals surface area contributed by atoms with Gasteiger partial charge in [-0.1, -0.05) is 19.3 Å². The standard InChI is InChI=1S/C11H18O3/c1-9(12)8-11(10(13)14-2)6-4-3-5-7-11/h3-8H2,1-2H3. The minimum atomic E-state index is -0.501. The van der Waals surface area contributed by atoms with E-state index in [1.165, 1.54) is 7.11 Å². The van der Waals surface area contributed by atoms with Crippen LogP contribution in [-0.2, 0) is 14.3 Å². The van der Waals surface area contributed by atoms with E-state index in [0.29, 0.717) is 6.42 Å². The topological polar surface area (TPSA) is 43.4 Å². The number of rotatable bonds is 3. The highest BCUT2D eigenvalue weighted by atomic mass is 16.5. The van der Waals surface area contributed by atoms with Crippen LogP contribution in [0.25, 0.3) is 0 Å². The van der Waals surface area contributed by atoms with Gasteiger partial charge < -0.3 is 4.74 Å². The van der Waals surface area contributed by atoms with E-state index in [1.807, 2.05) is 0 Å². The summed E-state index contributed by atoms with van der Waals surface area (Å²) in [5.41, 5.74) is -0.501. The molecule has 0 saturated heterocycles. The molecule has 1 aliphatic rings. The average molecular weight is 198 g/mol. The molecule has 14 heavy (non-hydrogen) atoms. The summed E-state index contributed by atoms with van der Waals surface area (Å²) in [6, 6.07) is 0. The Morgan fingerprint density at radius 2 is 1.79 bits per heavy atom. The largest absolute Gasteiger partial charge is 0.469 e. The van der Waals surface area contributed by atoms with Gasteiger partial charge in [-0.2, -0.15) is 0 Å². The van der Waals surface area contributed by atoms with Gasteiger partial charge in [0.2, 0.25) is 0 Å². The first kappa shape index (κ1) is 11.2. The van der Waals surface area contributed by atoms with E-state index in [9.17, 15) is 9.59 Å². The number of methoxy groups -OCH3 is 1. The highest BCUT2D eigenvalue weighted by Crippen LogP contribution is 2.40. The third kappa shape index (κ3) is 2.34. The molecule has 0 aromatic rings. The van der Waals surface area contributed by atoms with Gasteiger partial charge in [-0.05, 0) is 19.8 Å². The number of esters is 1. The molecule has 0 bridgehead atoms. The number of hydrogen-bond acceptors (Lipinski definition) is 3. The second kappa shape index (κ2) is 4.58. The summed E-state index contributed by atoms with van der Waals surface area (Å²) < 4.78 is 4.80. The Hall–Kier alpha value is -0.860. The van der Waals surface area contributed by atoms with Crippen molar-refractivity contribution in [2.45, 2.75) is 45.4 Å². The second-order valence-electron chi connectivity index (χ2n) is 4.21. The molecule has 0 aromatic heterocycles. The summed E-state index contributed by atoms with van der Waals surface area (Å²) >= 11 is 0. The van der Waals surface area contributed by atoms with E-state index in [2.05, 4.69) is 0 Å². The molecule has 0 atom stereocenters. The van der Waals surface area contributed by atoms with E-state index in [-0.39, 0.29) is 11.8 Å². The van der Waals surface area contributed by atoms with Crippen LogP contribution in [0, 0.1) is 5.41 Å². The molecule has 3 nitrogen and oxygen atoms in total. The van der Waals surface area contributed by atoms with Crippen LogP contribution in [0.15, 0.2) is 0 Å². The third-order valence-corrected chi connectivity index (χ3v) is 3.02. The lowest BCUT2D eigenvalue weighted by atomic mass is 9.71. The summed E-state index contributed by atoms with van der Waals surface area (Å²) in [5.74, 6) is -0.121. The van der Waals surface area contributed by atoms with E-state index < -0.39 is 5.41 Å². The highest BCUT2D eigenvalue weighted by Gasteiger charge is 2.41. The van der Waals surface area contributed by atoms with Crippen LogP contribution in [0.4, 0.5) is 0 Å². The zero-order valence-electron chi connectivity index (χ0n) is 8.97. The van der Waals surface area contributed by atoms with Gasteiger partial charge >= 0.3 is 5.97 Å². The third-order valence-electron chi connectivity index (χ3n) is 3.02. The zero-order chi connectivity index (χ0) is 10.6. The van der Waals surface area contributed by atoms with Crippen molar-refractivity contribution in [1.82, 2.24) is 0 Å². The Labute approximate surface area is 84.8 Å². The van der Waals surface area contributed by atoms with Gasteiger partial charge in [0.15, 0.2) is 0 Å². The fourth-order valence-electron chi connectivity index (χ4n) is 2.37. The summed E-state index contributed by atoms with van der Waals surface area (Å²) in [5, 5.41) is 0. The molecule has 0 radical (unpaired) electrons. The molecule has 0 aliphatic heterocycles. The predicted octanol–water partition coefficient (Wildman–Crippen LogP) is 2.09. The Bertz CT molecular complexity index is 227. The Kier molecular flexibility index (Phi) is 3.67. The van der Waals surface area contributed by atoms with Crippen molar-refractivity contribution in [3.05, 3.63) is 0 Å². The van der Waals surface area contributed by atoms with Gasteiger partial charge in [0.05, 0.1) is 12.5 Å². The lowest BCUT2D eigenvalue weighted by Gasteiger charge is -2.33. The minimum absolute atomic E-state index is 0.0808. The zero-order valence-corrected chi connectivity index (χ0v) is 8.97. The van der Waals surface area contributed by atoms with Crippen molar-refractivity contribution in [3.8, 4) is 0 Å². The molecule has 1 saturated carbocycles. The Morgan fingerprint density at radius 1 is 1.21 bits per heavy atom. The minimum Gasteiger partial charge on any atom is -0.469 e. The molecule has 0 N–H and O–H groups in total. The maximum Gasteiger partial charge on any atom is 0.312 e. The molecule has 0 amide bonds. The van der Waals surface area contributed by atoms with Gasteiger partial charge in [0.25, 0.3) is 0 Å². The number of Topliss-reactive ketones (excluding diaryl/α,β-unsaturated/α-hetero) is 1. The maximum absolute atomic E-state index is 11.6.